The predicted octanol–water partition coefficient (Wildman–Crippen LogP) is 2.68. The number of amides is 1. The van der Waals surface area contributed by atoms with Gasteiger partial charge >= 0.3 is 0 Å². The maximum atomic E-state index is 12.2. The molecule has 1 aliphatic heterocycles. The van der Waals surface area contributed by atoms with E-state index in [4.69, 9.17) is 4.74 Å². The Kier molecular flexibility index (Phi) is 8.79. The number of piperidine rings is 1. The highest BCUT2D eigenvalue weighted by Crippen LogP contribution is 2.15. The number of carbonyl (C=O) groups excluding carboxylic acids is 2. The summed E-state index contributed by atoms with van der Waals surface area (Å²) >= 11 is 0. The zero-order valence-electron chi connectivity index (χ0n) is 14.4. The Balaban J connectivity index is 0.00000288. The zero-order chi connectivity index (χ0) is 16.7. The van der Waals surface area contributed by atoms with Gasteiger partial charge in [0.25, 0.3) is 0 Å². The van der Waals surface area contributed by atoms with Gasteiger partial charge in [0.05, 0.1) is 7.11 Å². The van der Waals surface area contributed by atoms with Gasteiger partial charge in [0.2, 0.25) is 5.91 Å². The van der Waals surface area contributed by atoms with E-state index in [1.165, 1.54) is 0 Å². The van der Waals surface area contributed by atoms with Crippen LogP contribution < -0.4 is 10.1 Å². The summed E-state index contributed by atoms with van der Waals surface area (Å²) < 4.78 is 5.08. The van der Waals surface area contributed by atoms with Gasteiger partial charge in [0.1, 0.15) is 5.75 Å². The van der Waals surface area contributed by atoms with Crippen LogP contribution in [0, 0.1) is 0 Å². The number of carbonyl (C=O) groups is 2. The van der Waals surface area contributed by atoms with Crippen molar-refractivity contribution in [3.05, 3.63) is 29.8 Å². The highest BCUT2D eigenvalue weighted by molar-refractivity contribution is 5.96. The maximum absolute atomic E-state index is 12.2. The van der Waals surface area contributed by atoms with Crippen LogP contribution in [0.15, 0.2) is 24.3 Å². The van der Waals surface area contributed by atoms with Crippen molar-refractivity contribution in [3.8, 4) is 5.75 Å². The van der Waals surface area contributed by atoms with Crippen molar-refractivity contribution in [2.45, 2.75) is 38.1 Å². The molecule has 2 rings (SSSR count). The Labute approximate surface area is 150 Å². The SMILES string of the molecule is COc1ccc(C(=O)CCCC(=O)N(C)C2CCNCC2)cc1.Cl. The average molecular weight is 355 g/mol. The minimum atomic E-state index is 0. The first kappa shape index (κ1) is 20.5. The Bertz CT molecular complexity index is 528. The largest absolute Gasteiger partial charge is 0.497 e. The molecule has 1 aliphatic rings. The highest BCUT2D eigenvalue weighted by Gasteiger charge is 2.21. The summed E-state index contributed by atoms with van der Waals surface area (Å²) in [6, 6.07) is 7.43. The Morgan fingerprint density at radius 3 is 2.38 bits per heavy atom. The number of halogens is 1. The van der Waals surface area contributed by atoms with Gasteiger partial charge in [0.15, 0.2) is 5.78 Å². The summed E-state index contributed by atoms with van der Waals surface area (Å²) in [6.07, 6.45) is 3.44. The van der Waals surface area contributed by atoms with Crippen molar-refractivity contribution in [2.75, 3.05) is 27.2 Å². The van der Waals surface area contributed by atoms with E-state index in [0.29, 0.717) is 30.9 Å². The molecule has 24 heavy (non-hydrogen) atoms. The summed E-state index contributed by atoms with van der Waals surface area (Å²) in [5, 5.41) is 3.30. The van der Waals surface area contributed by atoms with Gasteiger partial charge in [-0.2, -0.15) is 0 Å². The molecule has 1 aromatic rings. The standard InChI is InChI=1S/C18H26N2O3.ClH/c1-20(15-10-12-19-13-11-15)18(22)5-3-4-17(21)14-6-8-16(23-2)9-7-14;/h6-9,15,19H,3-5,10-13H2,1-2H3;1H. The summed E-state index contributed by atoms with van der Waals surface area (Å²) in [5.74, 6) is 0.949. The molecule has 0 aromatic heterocycles. The van der Waals surface area contributed by atoms with Gasteiger partial charge < -0.3 is 15.0 Å². The number of hydrogen-bond donors (Lipinski definition) is 1. The second-order valence-electron chi connectivity index (χ2n) is 5.99. The number of hydrogen-bond acceptors (Lipinski definition) is 4. The van der Waals surface area contributed by atoms with Gasteiger partial charge in [-0.1, -0.05) is 0 Å². The van der Waals surface area contributed by atoms with E-state index in [1.54, 1.807) is 31.4 Å². The molecule has 1 amide bonds. The van der Waals surface area contributed by atoms with Gasteiger partial charge in [-0.15, -0.1) is 12.4 Å². The fourth-order valence-electron chi connectivity index (χ4n) is 2.90. The number of rotatable bonds is 7. The van der Waals surface area contributed by atoms with Crippen molar-refractivity contribution in [1.82, 2.24) is 10.2 Å². The fraction of sp³-hybridized carbons (Fsp3) is 0.556. The van der Waals surface area contributed by atoms with Crippen LogP contribution in [0.25, 0.3) is 0 Å². The molecule has 1 heterocycles. The Morgan fingerprint density at radius 2 is 1.79 bits per heavy atom. The molecule has 0 saturated carbocycles. The highest BCUT2D eigenvalue weighted by atomic mass is 35.5. The van der Waals surface area contributed by atoms with Crippen molar-refractivity contribution >= 4 is 24.1 Å². The molecule has 1 saturated heterocycles. The number of nitrogens with one attached hydrogen (secondary N) is 1. The summed E-state index contributed by atoms with van der Waals surface area (Å²) in [7, 11) is 3.48. The number of nitrogens with zero attached hydrogens (tertiary/aromatic N) is 1. The number of methoxy groups -OCH3 is 1. The molecule has 0 spiro atoms. The first-order chi connectivity index (χ1) is 11.1. The van der Waals surface area contributed by atoms with E-state index in [2.05, 4.69) is 5.32 Å². The van der Waals surface area contributed by atoms with Crippen LogP contribution >= 0.6 is 12.4 Å². The van der Waals surface area contributed by atoms with Crippen molar-refractivity contribution in [1.29, 1.82) is 0 Å². The normalized spacial score (nSPS) is 14.6. The lowest BCUT2D eigenvalue weighted by Crippen LogP contribution is -2.43. The smallest absolute Gasteiger partial charge is 0.222 e. The molecule has 0 bridgehead atoms. The van der Waals surface area contributed by atoms with Crippen LogP contribution in [-0.2, 0) is 4.79 Å². The molecular weight excluding hydrogens is 328 g/mol. The van der Waals surface area contributed by atoms with E-state index in [0.717, 1.165) is 31.7 Å². The number of ether oxygens (including phenoxy) is 1. The van der Waals surface area contributed by atoms with E-state index < -0.39 is 0 Å². The van der Waals surface area contributed by atoms with Crippen LogP contribution in [0.4, 0.5) is 0 Å². The summed E-state index contributed by atoms with van der Waals surface area (Å²) in [5.41, 5.74) is 0.671. The molecule has 0 aliphatic carbocycles. The van der Waals surface area contributed by atoms with Gasteiger partial charge in [-0.3, -0.25) is 9.59 Å². The molecule has 1 N–H and O–H groups in total. The monoisotopic (exact) mass is 354 g/mol. The minimum absolute atomic E-state index is 0. The van der Waals surface area contributed by atoms with Crippen molar-refractivity contribution < 1.29 is 14.3 Å². The molecule has 134 valence electrons. The molecule has 5 nitrogen and oxygen atoms in total. The Morgan fingerprint density at radius 1 is 1.17 bits per heavy atom. The van der Waals surface area contributed by atoms with Crippen molar-refractivity contribution in [3.63, 3.8) is 0 Å². The third-order valence-corrected chi connectivity index (χ3v) is 4.46. The molecule has 0 unspecified atom stereocenters. The second kappa shape index (κ2) is 10.3. The lowest BCUT2D eigenvalue weighted by molar-refractivity contribution is -0.132. The lowest BCUT2D eigenvalue weighted by Gasteiger charge is -2.31. The molecule has 1 fully saturated rings. The van der Waals surface area contributed by atoms with E-state index in [1.807, 2.05) is 11.9 Å². The first-order valence-electron chi connectivity index (χ1n) is 8.25. The lowest BCUT2D eigenvalue weighted by atomic mass is 10.0. The first-order valence-corrected chi connectivity index (χ1v) is 8.25. The van der Waals surface area contributed by atoms with Crippen LogP contribution in [0.5, 0.6) is 5.75 Å². The maximum Gasteiger partial charge on any atom is 0.222 e. The molecule has 0 radical (unpaired) electrons. The van der Waals surface area contributed by atoms with Crippen LogP contribution in [0.3, 0.4) is 0 Å². The summed E-state index contributed by atoms with van der Waals surface area (Å²) in [6.45, 7) is 1.94. The van der Waals surface area contributed by atoms with Crippen LogP contribution in [0.1, 0.15) is 42.5 Å². The molecular formula is C18H27ClN2O3. The van der Waals surface area contributed by atoms with Crippen LogP contribution in [-0.4, -0.2) is 49.9 Å². The third kappa shape index (κ3) is 5.80. The number of benzene rings is 1. The zero-order valence-corrected chi connectivity index (χ0v) is 15.2. The molecule has 0 atom stereocenters. The number of Topliss-reactive ketones (excluding diaryl/α,β-unsaturated/α-hetero) is 1. The summed E-state index contributed by atoms with van der Waals surface area (Å²) in [4.78, 5) is 26.2. The molecule has 1 aromatic carbocycles. The van der Waals surface area contributed by atoms with Gasteiger partial charge in [-0.25, -0.2) is 0 Å². The minimum Gasteiger partial charge on any atom is -0.497 e. The predicted molar refractivity (Wildman–Crippen MR) is 97.1 cm³/mol. The number of ketones is 1. The van der Waals surface area contributed by atoms with E-state index in [-0.39, 0.29) is 24.1 Å². The van der Waals surface area contributed by atoms with E-state index >= 15 is 0 Å². The quantitative estimate of drug-likeness (QED) is 0.765. The molecule has 6 heteroatoms. The van der Waals surface area contributed by atoms with Crippen molar-refractivity contribution in [2.24, 2.45) is 0 Å². The van der Waals surface area contributed by atoms with Crippen LogP contribution in [0.2, 0.25) is 0 Å². The topological polar surface area (TPSA) is 58.6 Å². The second-order valence-corrected chi connectivity index (χ2v) is 5.99. The Hall–Kier alpha value is -1.59. The van der Waals surface area contributed by atoms with Gasteiger partial charge in [-0.05, 0) is 56.6 Å². The van der Waals surface area contributed by atoms with E-state index in [9.17, 15) is 9.59 Å². The van der Waals surface area contributed by atoms with Gasteiger partial charge in [0, 0.05) is 31.5 Å². The third-order valence-electron chi connectivity index (χ3n) is 4.46. The fourth-order valence-corrected chi connectivity index (χ4v) is 2.90. The average Bonchev–Trinajstić information content (AvgIpc) is 2.61.